The molecule has 0 spiro atoms. The lowest BCUT2D eigenvalue weighted by Crippen LogP contribution is -2.40. The molecule has 1 aliphatic carbocycles. The van der Waals surface area contributed by atoms with Crippen molar-refractivity contribution in [1.82, 2.24) is 5.32 Å². The fourth-order valence-corrected chi connectivity index (χ4v) is 2.75. The molecule has 0 radical (unpaired) electrons. The second kappa shape index (κ2) is 6.90. The van der Waals surface area contributed by atoms with Crippen molar-refractivity contribution in [3.05, 3.63) is 0 Å². The van der Waals surface area contributed by atoms with Crippen molar-refractivity contribution in [1.29, 1.82) is 0 Å². The maximum Gasteiger partial charge on any atom is 0.0225 e. The molecule has 0 amide bonds. The van der Waals surface area contributed by atoms with Gasteiger partial charge in [-0.2, -0.15) is 11.8 Å². The van der Waals surface area contributed by atoms with Gasteiger partial charge < -0.3 is 5.32 Å². The van der Waals surface area contributed by atoms with E-state index in [-0.39, 0.29) is 0 Å². The molecule has 0 aromatic carbocycles. The summed E-state index contributed by atoms with van der Waals surface area (Å²) < 4.78 is 0.389. The molecule has 1 saturated carbocycles. The molecule has 1 fully saturated rings. The van der Waals surface area contributed by atoms with Gasteiger partial charge in [-0.05, 0) is 51.7 Å². The van der Waals surface area contributed by atoms with Gasteiger partial charge in [0.25, 0.3) is 0 Å². The third-order valence-electron chi connectivity index (χ3n) is 3.91. The highest BCUT2D eigenvalue weighted by Gasteiger charge is 2.22. The van der Waals surface area contributed by atoms with Gasteiger partial charge in [0, 0.05) is 17.3 Å². The van der Waals surface area contributed by atoms with Gasteiger partial charge in [0.2, 0.25) is 0 Å². The van der Waals surface area contributed by atoms with Crippen LogP contribution in [0.3, 0.4) is 0 Å². The molecule has 0 aliphatic heterocycles. The van der Waals surface area contributed by atoms with Gasteiger partial charge in [0.1, 0.15) is 0 Å². The molecular formula is C14H29NS. The average molecular weight is 243 g/mol. The van der Waals surface area contributed by atoms with E-state index in [0.717, 1.165) is 18.5 Å². The Morgan fingerprint density at radius 3 is 2.31 bits per heavy atom. The SMILES string of the molecule is CCCC1CCC(NCC(C)(C)SC)CC1. The molecule has 0 heterocycles. The third-order valence-corrected chi connectivity index (χ3v) is 5.16. The summed E-state index contributed by atoms with van der Waals surface area (Å²) in [5, 5.41) is 3.75. The summed E-state index contributed by atoms with van der Waals surface area (Å²) in [6, 6.07) is 0.791. The molecule has 0 saturated heterocycles. The predicted octanol–water partition coefficient (Wildman–Crippen LogP) is 4.08. The highest BCUT2D eigenvalue weighted by atomic mass is 32.2. The smallest absolute Gasteiger partial charge is 0.0225 e. The average Bonchev–Trinajstić information content (AvgIpc) is 2.29. The zero-order valence-corrected chi connectivity index (χ0v) is 12.3. The lowest BCUT2D eigenvalue weighted by molar-refractivity contribution is 0.275. The highest BCUT2D eigenvalue weighted by molar-refractivity contribution is 7.99. The van der Waals surface area contributed by atoms with Crippen molar-refractivity contribution in [3.8, 4) is 0 Å². The zero-order chi connectivity index (χ0) is 12.0. The molecule has 1 rings (SSSR count). The third kappa shape index (κ3) is 5.09. The Kier molecular flexibility index (Phi) is 6.20. The Bertz CT molecular complexity index is 183. The molecule has 1 N–H and O–H groups in total. The molecule has 0 bridgehead atoms. The molecule has 0 atom stereocenters. The largest absolute Gasteiger partial charge is 0.313 e. The minimum absolute atomic E-state index is 0.389. The zero-order valence-electron chi connectivity index (χ0n) is 11.5. The van der Waals surface area contributed by atoms with E-state index in [4.69, 9.17) is 0 Å². The second-order valence-corrected chi connectivity index (χ2v) is 7.36. The molecule has 1 nitrogen and oxygen atoms in total. The first-order valence-electron chi connectivity index (χ1n) is 6.86. The molecule has 1 aliphatic rings. The summed E-state index contributed by atoms with van der Waals surface area (Å²) in [5.74, 6) is 1.02. The van der Waals surface area contributed by atoms with Gasteiger partial charge in [-0.15, -0.1) is 0 Å². The first-order valence-corrected chi connectivity index (χ1v) is 8.08. The van der Waals surface area contributed by atoms with E-state index in [1.54, 1.807) is 0 Å². The fourth-order valence-electron chi connectivity index (χ4n) is 2.53. The minimum Gasteiger partial charge on any atom is -0.313 e. The summed E-state index contributed by atoms with van der Waals surface area (Å²) in [4.78, 5) is 0. The van der Waals surface area contributed by atoms with Crippen LogP contribution in [0.15, 0.2) is 0 Å². The molecule has 0 aromatic rings. The first-order chi connectivity index (χ1) is 7.57. The first kappa shape index (κ1) is 14.4. The predicted molar refractivity (Wildman–Crippen MR) is 76.3 cm³/mol. The Morgan fingerprint density at radius 1 is 1.19 bits per heavy atom. The fraction of sp³-hybridized carbons (Fsp3) is 1.00. The van der Waals surface area contributed by atoms with E-state index in [9.17, 15) is 0 Å². The summed E-state index contributed by atoms with van der Waals surface area (Å²) in [5.41, 5.74) is 0. The monoisotopic (exact) mass is 243 g/mol. The summed E-state index contributed by atoms with van der Waals surface area (Å²) in [6.07, 6.45) is 10.7. The minimum atomic E-state index is 0.389. The van der Waals surface area contributed by atoms with Gasteiger partial charge in [0.05, 0.1) is 0 Å². The normalized spacial score (nSPS) is 27.0. The number of hydrogen-bond acceptors (Lipinski definition) is 2. The Labute approximate surface area is 106 Å². The lowest BCUT2D eigenvalue weighted by Gasteiger charge is -2.32. The van der Waals surface area contributed by atoms with Crippen LogP contribution in [-0.2, 0) is 0 Å². The summed E-state index contributed by atoms with van der Waals surface area (Å²) in [6.45, 7) is 8.11. The quantitative estimate of drug-likeness (QED) is 0.754. The van der Waals surface area contributed by atoms with E-state index in [2.05, 4.69) is 32.3 Å². The van der Waals surface area contributed by atoms with Crippen LogP contribution in [0.25, 0.3) is 0 Å². The number of nitrogens with one attached hydrogen (secondary N) is 1. The lowest BCUT2D eigenvalue weighted by atomic mass is 9.83. The van der Waals surface area contributed by atoms with Gasteiger partial charge in [-0.3, -0.25) is 0 Å². The van der Waals surface area contributed by atoms with Gasteiger partial charge in [-0.25, -0.2) is 0 Å². The van der Waals surface area contributed by atoms with Crippen molar-refractivity contribution in [2.75, 3.05) is 12.8 Å². The van der Waals surface area contributed by atoms with Crippen molar-refractivity contribution in [2.45, 2.75) is 70.1 Å². The molecule has 16 heavy (non-hydrogen) atoms. The van der Waals surface area contributed by atoms with E-state index in [1.807, 2.05) is 11.8 Å². The van der Waals surface area contributed by atoms with Crippen molar-refractivity contribution in [3.63, 3.8) is 0 Å². The van der Waals surface area contributed by atoms with Gasteiger partial charge in [-0.1, -0.05) is 19.8 Å². The Hall–Kier alpha value is 0.310. The van der Waals surface area contributed by atoms with E-state index >= 15 is 0 Å². The highest BCUT2D eigenvalue weighted by Crippen LogP contribution is 2.28. The van der Waals surface area contributed by atoms with Crippen LogP contribution in [-0.4, -0.2) is 23.6 Å². The molecule has 96 valence electrons. The summed E-state index contributed by atoms with van der Waals surface area (Å²) >= 11 is 1.96. The number of rotatable bonds is 6. The van der Waals surface area contributed by atoms with Crippen LogP contribution in [0.4, 0.5) is 0 Å². The van der Waals surface area contributed by atoms with Crippen molar-refractivity contribution in [2.24, 2.45) is 5.92 Å². The topological polar surface area (TPSA) is 12.0 Å². The van der Waals surface area contributed by atoms with Crippen molar-refractivity contribution >= 4 is 11.8 Å². The van der Waals surface area contributed by atoms with Crippen LogP contribution < -0.4 is 5.32 Å². The van der Waals surface area contributed by atoms with Crippen LogP contribution in [0.5, 0.6) is 0 Å². The summed E-state index contributed by atoms with van der Waals surface area (Å²) in [7, 11) is 0. The molecule has 0 aromatic heterocycles. The standard InChI is InChI=1S/C14H29NS/c1-5-6-12-7-9-13(10-8-12)15-11-14(2,3)16-4/h12-13,15H,5-11H2,1-4H3. The molecule has 0 unspecified atom stereocenters. The molecular weight excluding hydrogens is 214 g/mol. The Balaban J connectivity index is 2.17. The number of hydrogen-bond donors (Lipinski definition) is 1. The second-order valence-electron chi connectivity index (χ2n) is 5.85. The van der Waals surface area contributed by atoms with Crippen molar-refractivity contribution < 1.29 is 0 Å². The van der Waals surface area contributed by atoms with Gasteiger partial charge >= 0.3 is 0 Å². The number of thioether (sulfide) groups is 1. The maximum absolute atomic E-state index is 3.75. The van der Waals surface area contributed by atoms with E-state index < -0.39 is 0 Å². The van der Waals surface area contributed by atoms with Crippen LogP contribution in [0.1, 0.15) is 59.3 Å². The molecule has 2 heteroatoms. The Morgan fingerprint density at radius 2 is 1.81 bits per heavy atom. The van der Waals surface area contributed by atoms with Crippen LogP contribution in [0.2, 0.25) is 0 Å². The van der Waals surface area contributed by atoms with Crippen LogP contribution >= 0.6 is 11.8 Å². The van der Waals surface area contributed by atoms with Gasteiger partial charge in [0.15, 0.2) is 0 Å². The van der Waals surface area contributed by atoms with E-state index in [1.165, 1.54) is 38.5 Å². The maximum atomic E-state index is 3.75. The van der Waals surface area contributed by atoms with E-state index in [0.29, 0.717) is 4.75 Å². The van der Waals surface area contributed by atoms with Crippen LogP contribution in [0, 0.1) is 5.92 Å².